The van der Waals surface area contributed by atoms with Crippen molar-refractivity contribution in [3.8, 4) is 0 Å². The first-order valence-electron chi connectivity index (χ1n) is 6.31. The molecule has 3 heteroatoms. The highest BCUT2D eigenvalue weighted by Gasteiger charge is 2.45. The van der Waals surface area contributed by atoms with Gasteiger partial charge in [-0.3, -0.25) is 0 Å². The van der Waals surface area contributed by atoms with Crippen LogP contribution < -0.4 is 5.32 Å². The Morgan fingerprint density at radius 2 is 2.00 bits per heavy atom. The van der Waals surface area contributed by atoms with Gasteiger partial charge in [-0.2, -0.15) is 0 Å². The summed E-state index contributed by atoms with van der Waals surface area (Å²) in [7, 11) is 0. The lowest BCUT2D eigenvalue weighted by Gasteiger charge is -2.28. The Hall–Kier alpha value is -0.120. The first kappa shape index (κ1) is 13.9. The molecule has 0 radical (unpaired) electrons. The molecule has 0 aromatic rings. The first-order chi connectivity index (χ1) is 7.27. The molecule has 96 valence electrons. The van der Waals surface area contributed by atoms with Gasteiger partial charge in [0.15, 0.2) is 0 Å². The summed E-state index contributed by atoms with van der Waals surface area (Å²) in [5, 5.41) is 12.4. The second-order valence-electron chi connectivity index (χ2n) is 6.25. The maximum atomic E-state index is 8.86. The third-order valence-corrected chi connectivity index (χ3v) is 3.41. The van der Waals surface area contributed by atoms with Crippen LogP contribution in [0.3, 0.4) is 0 Å². The van der Waals surface area contributed by atoms with Crippen molar-refractivity contribution in [2.24, 2.45) is 5.92 Å². The molecule has 0 saturated carbocycles. The molecular weight excluding hydrogens is 202 g/mol. The van der Waals surface area contributed by atoms with Crippen molar-refractivity contribution < 1.29 is 9.84 Å². The van der Waals surface area contributed by atoms with Crippen LogP contribution in [0.25, 0.3) is 0 Å². The highest BCUT2D eigenvalue weighted by atomic mass is 16.5. The van der Waals surface area contributed by atoms with E-state index in [1.54, 1.807) is 0 Å². The quantitative estimate of drug-likeness (QED) is 0.757. The van der Waals surface area contributed by atoms with E-state index in [-0.39, 0.29) is 17.8 Å². The molecular formula is C13H27NO2. The predicted octanol–water partition coefficient (Wildman–Crippen LogP) is 1.94. The fourth-order valence-electron chi connectivity index (χ4n) is 2.55. The number of hydrogen-bond donors (Lipinski definition) is 2. The monoisotopic (exact) mass is 229 g/mol. The van der Waals surface area contributed by atoms with E-state index in [1.807, 2.05) is 0 Å². The van der Waals surface area contributed by atoms with Gasteiger partial charge in [-0.05, 0) is 53.0 Å². The standard InChI is InChI=1S/C13H27NO2/c1-10(6-7-15)9-14-11-8-12(2,3)16-13(11,4)5/h10-11,14-15H,6-9H2,1-5H3. The highest BCUT2D eigenvalue weighted by molar-refractivity contribution is 4.98. The zero-order valence-electron chi connectivity index (χ0n) is 11.3. The number of nitrogens with one attached hydrogen (secondary N) is 1. The van der Waals surface area contributed by atoms with E-state index >= 15 is 0 Å². The summed E-state index contributed by atoms with van der Waals surface area (Å²) < 4.78 is 6.03. The Labute approximate surface area is 99.6 Å². The highest BCUT2D eigenvalue weighted by Crippen LogP contribution is 2.37. The Balaban J connectivity index is 2.42. The molecule has 3 nitrogen and oxygen atoms in total. The van der Waals surface area contributed by atoms with Crippen molar-refractivity contribution in [3.63, 3.8) is 0 Å². The van der Waals surface area contributed by atoms with Gasteiger partial charge in [0, 0.05) is 12.6 Å². The van der Waals surface area contributed by atoms with Crippen LogP contribution >= 0.6 is 0 Å². The molecule has 2 atom stereocenters. The molecule has 0 aliphatic carbocycles. The van der Waals surface area contributed by atoms with Crippen molar-refractivity contribution in [1.82, 2.24) is 5.32 Å². The van der Waals surface area contributed by atoms with Gasteiger partial charge in [-0.25, -0.2) is 0 Å². The molecule has 16 heavy (non-hydrogen) atoms. The van der Waals surface area contributed by atoms with Crippen LogP contribution in [-0.2, 0) is 4.74 Å². The number of hydrogen-bond acceptors (Lipinski definition) is 3. The first-order valence-corrected chi connectivity index (χ1v) is 6.31. The molecule has 2 unspecified atom stereocenters. The van der Waals surface area contributed by atoms with Gasteiger partial charge in [-0.1, -0.05) is 6.92 Å². The summed E-state index contributed by atoms with van der Waals surface area (Å²) in [6, 6.07) is 0.406. The molecule has 1 saturated heterocycles. The van der Waals surface area contributed by atoms with Crippen molar-refractivity contribution in [3.05, 3.63) is 0 Å². The van der Waals surface area contributed by atoms with Gasteiger partial charge in [0.25, 0.3) is 0 Å². The number of ether oxygens (including phenoxy) is 1. The molecule has 0 amide bonds. The lowest BCUT2D eigenvalue weighted by Crippen LogP contribution is -2.44. The van der Waals surface area contributed by atoms with E-state index in [0.717, 1.165) is 19.4 Å². The number of aliphatic hydroxyl groups excluding tert-OH is 1. The topological polar surface area (TPSA) is 41.5 Å². The zero-order chi connectivity index (χ0) is 12.4. The van der Waals surface area contributed by atoms with Crippen LogP contribution in [0.1, 0.15) is 47.5 Å². The van der Waals surface area contributed by atoms with Gasteiger partial charge in [-0.15, -0.1) is 0 Å². The Morgan fingerprint density at radius 1 is 1.38 bits per heavy atom. The van der Waals surface area contributed by atoms with Crippen molar-refractivity contribution in [2.75, 3.05) is 13.2 Å². The molecule has 0 spiro atoms. The van der Waals surface area contributed by atoms with E-state index in [9.17, 15) is 0 Å². The normalized spacial score (nSPS) is 29.2. The van der Waals surface area contributed by atoms with Crippen LogP contribution in [0.15, 0.2) is 0 Å². The van der Waals surface area contributed by atoms with E-state index in [4.69, 9.17) is 9.84 Å². The zero-order valence-corrected chi connectivity index (χ0v) is 11.3. The summed E-state index contributed by atoms with van der Waals surface area (Å²) in [4.78, 5) is 0. The maximum absolute atomic E-state index is 8.86. The minimum Gasteiger partial charge on any atom is -0.396 e. The fourth-order valence-corrected chi connectivity index (χ4v) is 2.55. The molecule has 0 aromatic heterocycles. The van der Waals surface area contributed by atoms with Gasteiger partial charge in [0.05, 0.1) is 11.2 Å². The summed E-state index contributed by atoms with van der Waals surface area (Å²) in [6.07, 6.45) is 1.91. The third-order valence-electron chi connectivity index (χ3n) is 3.41. The van der Waals surface area contributed by atoms with Crippen molar-refractivity contribution in [1.29, 1.82) is 0 Å². The Morgan fingerprint density at radius 3 is 2.44 bits per heavy atom. The van der Waals surface area contributed by atoms with Gasteiger partial charge in [0.2, 0.25) is 0 Å². The average Bonchev–Trinajstić information content (AvgIpc) is 2.31. The smallest absolute Gasteiger partial charge is 0.0787 e. The van der Waals surface area contributed by atoms with Crippen LogP contribution in [0.4, 0.5) is 0 Å². The van der Waals surface area contributed by atoms with Crippen LogP contribution in [-0.4, -0.2) is 35.5 Å². The molecule has 0 bridgehead atoms. The second kappa shape index (κ2) is 5.03. The van der Waals surface area contributed by atoms with Gasteiger partial charge in [0.1, 0.15) is 0 Å². The Bertz CT molecular complexity index is 226. The summed E-state index contributed by atoms with van der Waals surface area (Å²) >= 11 is 0. The molecule has 1 rings (SSSR count). The molecule has 1 aliphatic heterocycles. The lowest BCUT2D eigenvalue weighted by molar-refractivity contribution is -0.0699. The number of aliphatic hydroxyl groups is 1. The largest absolute Gasteiger partial charge is 0.396 e. The van der Waals surface area contributed by atoms with Crippen molar-refractivity contribution in [2.45, 2.75) is 64.7 Å². The average molecular weight is 229 g/mol. The maximum Gasteiger partial charge on any atom is 0.0787 e. The third kappa shape index (κ3) is 3.72. The van der Waals surface area contributed by atoms with Gasteiger partial charge < -0.3 is 15.2 Å². The van der Waals surface area contributed by atoms with E-state index < -0.39 is 0 Å². The Kier molecular flexibility index (Phi) is 4.38. The van der Waals surface area contributed by atoms with E-state index in [1.165, 1.54) is 0 Å². The minimum atomic E-state index is -0.0948. The minimum absolute atomic E-state index is 0.0264. The van der Waals surface area contributed by atoms with Gasteiger partial charge >= 0.3 is 0 Å². The fraction of sp³-hybridized carbons (Fsp3) is 1.00. The molecule has 1 heterocycles. The second-order valence-corrected chi connectivity index (χ2v) is 6.25. The molecule has 0 aromatic carbocycles. The van der Waals surface area contributed by atoms with Crippen LogP contribution in [0.5, 0.6) is 0 Å². The van der Waals surface area contributed by atoms with E-state index in [0.29, 0.717) is 12.0 Å². The summed E-state index contributed by atoms with van der Waals surface area (Å²) in [5.74, 6) is 0.518. The van der Waals surface area contributed by atoms with Crippen LogP contribution in [0.2, 0.25) is 0 Å². The SMILES string of the molecule is CC(CCO)CNC1CC(C)(C)OC1(C)C. The summed E-state index contributed by atoms with van der Waals surface area (Å²) in [5.41, 5.74) is -0.121. The summed E-state index contributed by atoms with van der Waals surface area (Å²) in [6.45, 7) is 12.0. The molecule has 2 N–H and O–H groups in total. The predicted molar refractivity (Wildman–Crippen MR) is 66.5 cm³/mol. The molecule has 1 aliphatic rings. The van der Waals surface area contributed by atoms with E-state index in [2.05, 4.69) is 39.9 Å². The molecule has 1 fully saturated rings. The van der Waals surface area contributed by atoms with Crippen LogP contribution in [0, 0.1) is 5.92 Å². The lowest BCUT2D eigenvalue weighted by atomic mass is 9.94. The van der Waals surface area contributed by atoms with Crippen molar-refractivity contribution >= 4 is 0 Å². The number of rotatable bonds is 5.